The molecule has 14 heteroatoms. The zero-order valence-corrected chi connectivity index (χ0v) is 22.2. The van der Waals surface area contributed by atoms with E-state index in [2.05, 4.69) is 0 Å². The first-order valence-corrected chi connectivity index (χ1v) is 12.3. The number of hydrogen-bond donors (Lipinski definition) is 2. The predicted molar refractivity (Wildman–Crippen MR) is 138 cm³/mol. The van der Waals surface area contributed by atoms with Crippen LogP contribution >= 0.6 is 12.2 Å². The van der Waals surface area contributed by atoms with Crippen LogP contribution in [0.1, 0.15) is 61.0 Å². The van der Waals surface area contributed by atoms with Crippen LogP contribution in [0.5, 0.6) is 0 Å². The van der Waals surface area contributed by atoms with Gasteiger partial charge in [-0.05, 0) is 81.7 Å². The number of hydrogen-bond acceptors (Lipinski definition) is 7. The second kappa shape index (κ2) is 12.0. The van der Waals surface area contributed by atoms with Crippen molar-refractivity contribution < 1.29 is 41.9 Å². The average molecular weight is 581 g/mol. The van der Waals surface area contributed by atoms with Gasteiger partial charge in [0.25, 0.3) is 5.91 Å². The molecule has 0 spiro atoms. The van der Waals surface area contributed by atoms with Gasteiger partial charge in [0.05, 0.1) is 35.1 Å². The maximum atomic E-state index is 15.0. The minimum absolute atomic E-state index is 0.0298. The van der Waals surface area contributed by atoms with Crippen LogP contribution in [-0.4, -0.2) is 40.2 Å². The molecule has 212 valence electrons. The SMILES string of the molecule is CC1(C)C(=O)N(c2ccc(C#N)c(C(F)(F)F)c2)C(=S)N1c1ccc(C(=O)OCCCCCC(=O)NO)c(F)c1. The van der Waals surface area contributed by atoms with Gasteiger partial charge in [-0.3, -0.25) is 19.7 Å². The lowest BCUT2D eigenvalue weighted by Crippen LogP contribution is -2.44. The van der Waals surface area contributed by atoms with Crippen molar-refractivity contribution in [2.75, 3.05) is 16.4 Å². The van der Waals surface area contributed by atoms with Crippen LogP contribution in [0, 0.1) is 17.1 Å². The molecular formula is C26H24F4N4O5S. The number of nitriles is 1. The van der Waals surface area contributed by atoms with Gasteiger partial charge in [0.2, 0.25) is 5.91 Å². The Labute approximate surface area is 231 Å². The minimum atomic E-state index is -4.86. The number of amides is 2. The molecule has 1 saturated heterocycles. The molecule has 1 aliphatic heterocycles. The summed E-state index contributed by atoms with van der Waals surface area (Å²) >= 11 is 5.43. The van der Waals surface area contributed by atoms with Crippen molar-refractivity contribution in [2.45, 2.75) is 51.2 Å². The molecule has 0 aromatic heterocycles. The van der Waals surface area contributed by atoms with E-state index in [9.17, 15) is 31.9 Å². The lowest BCUT2D eigenvalue weighted by atomic mass is 10.0. The van der Waals surface area contributed by atoms with Crippen molar-refractivity contribution in [2.24, 2.45) is 0 Å². The molecule has 40 heavy (non-hydrogen) atoms. The van der Waals surface area contributed by atoms with Crippen LogP contribution in [-0.2, 0) is 20.5 Å². The van der Waals surface area contributed by atoms with E-state index in [0.29, 0.717) is 25.3 Å². The molecular weight excluding hydrogens is 556 g/mol. The number of anilines is 2. The summed E-state index contributed by atoms with van der Waals surface area (Å²) in [7, 11) is 0. The van der Waals surface area contributed by atoms with Crippen LogP contribution < -0.4 is 15.3 Å². The Bertz CT molecular complexity index is 1390. The van der Waals surface area contributed by atoms with Crippen LogP contribution in [0.4, 0.5) is 28.9 Å². The number of benzene rings is 2. The third-order valence-corrected chi connectivity index (χ3v) is 6.56. The number of nitrogens with one attached hydrogen (secondary N) is 1. The first-order chi connectivity index (χ1) is 18.7. The Morgan fingerprint density at radius 2 is 1.80 bits per heavy atom. The second-order valence-corrected chi connectivity index (χ2v) is 9.67. The van der Waals surface area contributed by atoms with E-state index < -0.39 is 46.4 Å². The van der Waals surface area contributed by atoms with E-state index >= 15 is 0 Å². The van der Waals surface area contributed by atoms with E-state index in [1.54, 1.807) is 0 Å². The van der Waals surface area contributed by atoms with Crippen molar-refractivity contribution in [3.63, 3.8) is 0 Å². The fourth-order valence-corrected chi connectivity index (χ4v) is 4.65. The average Bonchev–Trinajstić information content (AvgIpc) is 3.07. The third kappa shape index (κ3) is 6.21. The molecule has 1 heterocycles. The summed E-state index contributed by atoms with van der Waals surface area (Å²) in [6, 6.07) is 7.68. The van der Waals surface area contributed by atoms with Gasteiger partial charge in [0, 0.05) is 12.1 Å². The standard InChI is InChI=1S/C26H24F4N4O5S/c1-25(2)23(37)33(16-8-7-15(14-31)19(12-16)26(28,29)30)24(40)34(25)17-9-10-18(20(27)13-17)22(36)39-11-5-3-4-6-21(35)32-38/h7-10,12-13,38H,3-6,11H2,1-2H3,(H,32,35). The summed E-state index contributed by atoms with van der Waals surface area (Å²) in [4.78, 5) is 38.8. The predicted octanol–water partition coefficient (Wildman–Crippen LogP) is 4.86. The number of hydroxylamine groups is 1. The smallest absolute Gasteiger partial charge is 0.417 e. The summed E-state index contributed by atoms with van der Waals surface area (Å²) in [5, 5.41) is 17.3. The molecule has 0 radical (unpaired) electrons. The molecule has 2 N–H and O–H groups in total. The zero-order chi connectivity index (χ0) is 29.8. The van der Waals surface area contributed by atoms with E-state index in [1.165, 1.54) is 42.4 Å². The van der Waals surface area contributed by atoms with Crippen LogP contribution in [0.25, 0.3) is 0 Å². The van der Waals surface area contributed by atoms with Gasteiger partial charge in [0.1, 0.15) is 11.4 Å². The largest absolute Gasteiger partial charge is 0.462 e. The molecule has 3 rings (SSSR count). The van der Waals surface area contributed by atoms with Crippen LogP contribution in [0.2, 0.25) is 0 Å². The van der Waals surface area contributed by atoms with Gasteiger partial charge in [-0.1, -0.05) is 0 Å². The number of nitrogens with zero attached hydrogens (tertiary/aromatic N) is 3. The number of thiocarbonyl (C=S) groups is 1. The van der Waals surface area contributed by atoms with E-state index in [4.69, 9.17) is 27.4 Å². The van der Waals surface area contributed by atoms with Gasteiger partial charge in [-0.15, -0.1) is 0 Å². The monoisotopic (exact) mass is 580 g/mol. The maximum Gasteiger partial charge on any atom is 0.417 e. The maximum absolute atomic E-state index is 15.0. The Balaban J connectivity index is 1.79. The fraction of sp³-hybridized carbons (Fsp3) is 0.346. The summed E-state index contributed by atoms with van der Waals surface area (Å²) in [5.74, 6) is -3.12. The number of unbranched alkanes of at least 4 members (excludes halogenated alkanes) is 2. The highest BCUT2D eigenvalue weighted by Gasteiger charge is 2.51. The van der Waals surface area contributed by atoms with E-state index in [-0.39, 0.29) is 35.1 Å². The molecule has 0 unspecified atom stereocenters. The quantitative estimate of drug-likeness (QED) is 0.108. The summed E-state index contributed by atoms with van der Waals surface area (Å²) in [5.41, 5.74) is -2.30. The Hall–Kier alpha value is -4.09. The fourth-order valence-electron chi connectivity index (χ4n) is 4.13. The highest BCUT2D eigenvalue weighted by Crippen LogP contribution is 2.40. The summed E-state index contributed by atoms with van der Waals surface area (Å²) in [6.45, 7) is 2.89. The van der Waals surface area contributed by atoms with Crippen molar-refractivity contribution in [3.05, 3.63) is 58.9 Å². The van der Waals surface area contributed by atoms with Crippen LogP contribution in [0.3, 0.4) is 0 Å². The lowest BCUT2D eigenvalue weighted by molar-refractivity contribution is -0.137. The molecule has 2 aromatic carbocycles. The molecule has 1 fully saturated rings. The van der Waals surface area contributed by atoms with Crippen molar-refractivity contribution >= 4 is 46.5 Å². The molecule has 9 nitrogen and oxygen atoms in total. The number of ether oxygens (including phenoxy) is 1. The van der Waals surface area contributed by atoms with Gasteiger partial charge < -0.3 is 9.64 Å². The molecule has 0 atom stereocenters. The number of halogens is 4. The topological polar surface area (TPSA) is 123 Å². The molecule has 1 aliphatic rings. The molecule has 2 amide bonds. The first-order valence-electron chi connectivity index (χ1n) is 11.9. The third-order valence-electron chi connectivity index (χ3n) is 6.19. The van der Waals surface area contributed by atoms with Gasteiger partial charge in [-0.25, -0.2) is 14.7 Å². The number of esters is 1. The molecule has 0 aliphatic carbocycles. The highest BCUT2D eigenvalue weighted by molar-refractivity contribution is 7.81. The number of carbonyl (C=O) groups excluding carboxylic acids is 3. The van der Waals surface area contributed by atoms with Crippen molar-refractivity contribution in [1.82, 2.24) is 5.48 Å². The first kappa shape index (κ1) is 30.5. The van der Waals surface area contributed by atoms with Crippen molar-refractivity contribution in [3.8, 4) is 6.07 Å². The van der Waals surface area contributed by atoms with Gasteiger partial charge >= 0.3 is 12.1 Å². The second-order valence-electron chi connectivity index (χ2n) is 9.30. The zero-order valence-electron chi connectivity index (χ0n) is 21.3. The Morgan fingerprint density at radius 3 is 2.40 bits per heavy atom. The van der Waals surface area contributed by atoms with Crippen LogP contribution in [0.15, 0.2) is 36.4 Å². The number of alkyl halides is 3. The highest BCUT2D eigenvalue weighted by atomic mass is 32.1. The normalized spacial score (nSPS) is 14.8. The van der Waals surface area contributed by atoms with E-state index in [0.717, 1.165) is 23.1 Å². The van der Waals surface area contributed by atoms with Gasteiger partial charge in [0.15, 0.2) is 5.11 Å². The lowest BCUT2D eigenvalue weighted by Gasteiger charge is -2.29. The molecule has 0 bridgehead atoms. The Morgan fingerprint density at radius 1 is 1.12 bits per heavy atom. The minimum Gasteiger partial charge on any atom is -0.462 e. The van der Waals surface area contributed by atoms with E-state index in [1.807, 2.05) is 0 Å². The number of rotatable bonds is 9. The molecule has 0 saturated carbocycles. The summed E-state index contributed by atoms with van der Waals surface area (Å²) in [6.07, 6.45) is -3.37. The Kier molecular flexibility index (Phi) is 9.11. The van der Waals surface area contributed by atoms with Gasteiger partial charge in [-0.2, -0.15) is 18.4 Å². The summed E-state index contributed by atoms with van der Waals surface area (Å²) < 4.78 is 60.6. The van der Waals surface area contributed by atoms with Crippen molar-refractivity contribution in [1.29, 1.82) is 5.26 Å². The number of carbonyl (C=O) groups is 3. The molecule has 2 aromatic rings.